The van der Waals surface area contributed by atoms with Gasteiger partial charge in [-0.3, -0.25) is 9.69 Å². The lowest BCUT2D eigenvalue weighted by atomic mass is 10.1. The van der Waals surface area contributed by atoms with Crippen molar-refractivity contribution in [3.63, 3.8) is 0 Å². The van der Waals surface area contributed by atoms with Crippen LogP contribution in [-0.2, 0) is 4.79 Å². The van der Waals surface area contributed by atoms with Crippen LogP contribution in [0.15, 0.2) is 0 Å². The van der Waals surface area contributed by atoms with Crippen molar-refractivity contribution in [2.75, 3.05) is 46.8 Å². The van der Waals surface area contributed by atoms with Crippen molar-refractivity contribution in [1.82, 2.24) is 14.7 Å². The van der Waals surface area contributed by atoms with E-state index in [1.165, 1.54) is 0 Å². The SMILES string of the molecule is CCCC(C#N)N1CCN(CCC(=O)N(C)C)CC1. The van der Waals surface area contributed by atoms with E-state index < -0.39 is 0 Å². The number of amides is 1. The second kappa shape index (κ2) is 8.13. The molecule has 0 bridgehead atoms. The molecule has 5 nitrogen and oxygen atoms in total. The van der Waals surface area contributed by atoms with Crippen molar-refractivity contribution >= 4 is 5.91 Å². The third kappa shape index (κ3) is 5.17. The molecule has 1 atom stereocenters. The minimum absolute atomic E-state index is 0.0653. The smallest absolute Gasteiger partial charge is 0.223 e. The number of nitrogens with zero attached hydrogens (tertiary/aromatic N) is 4. The zero-order valence-corrected chi connectivity index (χ0v) is 12.4. The van der Waals surface area contributed by atoms with Crippen LogP contribution in [0.4, 0.5) is 0 Å². The van der Waals surface area contributed by atoms with Crippen molar-refractivity contribution in [1.29, 1.82) is 5.26 Å². The van der Waals surface area contributed by atoms with E-state index in [9.17, 15) is 4.79 Å². The average Bonchev–Trinajstić information content (AvgIpc) is 2.42. The van der Waals surface area contributed by atoms with Crippen LogP contribution in [-0.4, -0.2) is 73.5 Å². The summed E-state index contributed by atoms with van der Waals surface area (Å²) in [5, 5.41) is 9.16. The van der Waals surface area contributed by atoms with Crippen molar-refractivity contribution in [2.24, 2.45) is 0 Å². The second-order valence-corrected chi connectivity index (χ2v) is 5.35. The number of carbonyl (C=O) groups excluding carboxylic acids is 1. The van der Waals surface area contributed by atoms with Gasteiger partial charge in [0.15, 0.2) is 0 Å². The topological polar surface area (TPSA) is 50.6 Å². The summed E-state index contributed by atoms with van der Waals surface area (Å²) >= 11 is 0. The Morgan fingerprint density at radius 1 is 1.32 bits per heavy atom. The molecule has 0 aromatic rings. The van der Waals surface area contributed by atoms with Crippen LogP contribution in [0.25, 0.3) is 0 Å². The fourth-order valence-electron chi connectivity index (χ4n) is 2.38. The molecule has 0 aliphatic carbocycles. The van der Waals surface area contributed by atoms with Gasteiger partial charge in [0.2, 0.25) is 5.91 Å². The van der Waals surface area contributed by atoms with Gasteiger partial charge in [0.05, 0.1) is 12.1 Å². The minimum Gasteiger partial charge on any atom is -0.349 e. The molecule has 1 aliphatic rings. The molecule has 0 aromatic heterocycles. The van der Waals surface area contributed by atoms with E-state index in [4.69, 9.17) is 5.26 Å². The third-order valence-electron chi connectivity index (χ3n) is 3.70. The summed E-state index contributed by atoms with van der Waals surface area (Å²) < 4.78 is 0. The summed E-state index contributed by atoms with van der Waals surface area (Å²) in [6.45, 7) is 6.75. The Hall–Kier alpha value is -1.12. The highest BCUT2D eigenvalue weighted by Gasteiger charge is 2.23. The van der Waals surface area contributed by atoms with Crippen LogP contribution in [0, 0.1) is 11.3 Å². The lowest BCUT2D eigenvalue weighted by Crippen LogP contribution is -2.50. The normalized spacial score (nSPS) is 18.8. The molecule has 0 aromatic carbocycles. The number of carbonyl (C=O) groups is 1. The molecule has 0 spiro atoms. The first-order valence-electron chi connectivity index (χ1n) is 7.14. The second-order valence-electron chi connectivity index (χ2n) is 5.35. The highest BCUT2D eigenvalue weighted by atomic mass is 16.2. The fraction of sp³-hybridized carbons (Fsp3) is 0.857. The largest absolute Gasteiger partial charge is 0.349 e. The molecule has 0 N–H and O–H groups in total. The molecule has 1 saturated heterocycles. The van der Waals surface area contributed by atoms with Crippen molar-refractivity contribution in [2.45, 2.75) is 32.2 Å². The van der Waals surface area contributed by atoms with E-state index in [0.717, 1.165) is 45.6 Å². The van der Waals surface area contributed by atoms with Gasteiger partial charge in [-0.2, -0.15) is 5.26 Å². The van der Waals surface area contributed by atoms with Gasteiger partial charge in [-0.15, -0.1) is 0 Å². The Labute approximate surface area is 116 Å². The monoisotopic (exact) mass is 266 g/mol. The molecule has 108 valence electrons. The molecule has 5 heteroatoms. The molecule has 1 heterocycles. The van der Waals surface area contributed by atoms with E-state index >= 15 is 0 Å². The minimum atomic E-state index is 0.0653. The Morgan fingerprint density at radius 3 is 2.42 bits per heavy atom. The van der Waals surface area contributed by atoms with Crippen molar-refractivity contribution < 1.29 is 4.79 Å². The standard InChI is InChI=1S/C14H26N4O/c1-4-5-13(12-15)18-10-8-17(9-11-18)7-6-14(19)16(2)3/h13H,4-11H2,1-3H3. The molecule has 19 heavy (non-hydrogen) atoms. The Kier molecular flexibility index (Phi) is 6.82. The summed E-state index contributed by atoms with van der Waals surface area (Å²) in [5.74, 6) is 0.184. The van der Waals surface area contributed by atoms with Crippen LogP contribution in [0.2, 0.25) is 0 Å². The van der Waals surface area contributed by atoms with Gasteiger partial charge in [-0.1, -0.05) is 13.3 Å². The Morgan fingerprint density at radius 2 is 1.95 bits per heavy atom. The summed E-state index contributed by atoms with van der Waals surface area (Å²) in [6, 6.07) is 2.46. The van der Waals surface area contributed by atoms with E-state index in [1.54, 1.807) is 19.0 Å². The Bertz CT molecular complexity index is 316. The van der Waals surface area contributed by atoms with Gasteiger partial charge in [-0.05, 0) is 6.42 Å². The molecule has 0 radical (unpaired) electrons. The number of nitriles is 1. The van der Waals surface area contributed by atoms with Gasteiger partial charge in [0.1, 0.15) is 0 Å². The van der Waals surface area contributed by atoms with E-state index in [-0.39, 0.29) is 11.9 Å². The summed E-state index contributed by atoms with van der Waals surface area (Å²) in [6.07, 6.45) is 2.59. The number of rotatable bonds is 6. The first-order chi connectivity index (χ1) is 9.08. The van der Waals surface area contributed by atoms with Crippen LogP contribution >= 0.6 is 0 Å². The molecule has 1 fully saturated rings. The molecule has 0 saturated carbocycles. The highest BCUT2D eigenvalue weighted by molar-refractivity contribution is 5.75. The van der Waals surface area contributed by atoms with Crippen molar-refractivity contribution in [3.8, 4) is 6.07 Å². The maximum absolute atomic E-state index is 11.5. The van der Waals surface area contributed by atoms with Crippen molar-refractivity contribution in [3.05, 3.63) is 0 Å². The van der Waals surface area contributed by atoms with E-state index in [0.29, 0.717) is 6.42 Å². The van der Waals surface area contributed by atoms with Gasteiger partial charge in [-0.25, -0.2) is 0 Å². The zero-order chi connectivity index (χ0) is 14.3. The van der Waals surface area contributed by atoms with Crippen LogP contribution < -0.4 is 0 Å². The van der Waals surface area contributed by atoms with Crippen LogP contribution in [0.5, 0.6) is 0 Å². The quantitative estimate of drug-likeness (QED) is 0.713. The first kappa shape index (κ1) is 15.9. The van der Waals surface area contributed by atoms with Gasteiger partial charge < -0.3 is 9.80 Å². The summed E-state index contributed by atoms with van der Waals surface area (Å²) in [4.78, 5) is 17.8. The maximum atomic E-state index is 11.5. The number of piperazine rings is 1. The molecule has 1 unspecified atom stereocenters. The van der Waals surface area contributed by atoms with Crippen LogP contribution in [0.3, 0.4) is 0 Å². The summed E-state index contributed by atoms with van der Waals surface area (Å²) in [7, 11) is 3.59. The molecular formula is C14H26N4O. The summed E-state index contributed by atoms with van der Waals surface area (Å²) in [5.41, 5.74) is 0. The first-order valence-corrected chi connectivity index (χ1v) is 7.14. The van der Waals surface area contributed by atoms with E-state index in [2.05, 4.69) is 22.8 Å². The predicted octanol–water partition coefficient (Wildman–Crippen LogP) is 0.775. The Balaban J connectivity index is 2.29. The van der Waals surface area contributed by atoms with Crippen LogP contribution in [0.1, 0.15) is 26.2 Å². The molecular weight excluding hydrogens is 240 g/mol. The molecule has 1 amide bonds. The molecule has 1 rings (SSSR count). The lowest BCUT2D eigenvalue weighted by Gasteiger charge is -2.36. The average molecular weight is 266 g/mol. The molecule has 1 aliphatic heterocycles. The van der Waals surface area contributed by atoms with Gasteiger partial charge >= 0.3 is 0 Å². The maximum Gasteiger partial charge on any atom is 0.223 e. The van der Waals surface area contributed by atoms with Gasteiger partial charge in [0, 0.05) is 53.2 Å². The predicted molar refractivity (Wildman–Crippen MR) is 75.6 cm³/mol. The lowest BCUT2D eigenvalue weighted by molar-refractivity contribution is -0.129. The zero-order valence-electron chi connectivity index (χ0n) is 12.4. The third-order valence-corrected chi connectivity index (χ3v) is 3.70. The highest BCUT2D eigenvalue weighted by Crippen LogP contribution is 2.10. The number of hydrogen-bond donors (Lipinski definition) is 0. The number of hydrogen-bond acceptors (Lipinski definition) is 4. The fourth-order valence-corrected chi connectivity index (χ4v) is 2.38. The van der Waals surface area contributed by atoms with E-state index in [1.807, 2.05) is 0 Å². The van der Waals surface area contributed by atoms with Gasteiger partial charge in [0.25, 0.3) is 0 Å².